The maximum atomic E-state index is 10.8. The van der Waals surface area contributed by atoms with Gasteiger partial charge in [-0.25, -0.2) is 4.79 Å². The minimum atomic E-state index is -1.23. The predicted molar refractivity (Wildman–Crippen MR) is 34.7 cm³/mol. The van der Waals surface area contributed by atoms with Crippen LogP contribution in [0.4, 0.5) is 4.79 Å². The van der Waals surface area contributed by atoms with Crippen LogP contribution in [0.2, 0.25) is 0 Å². The highest BCUT2D eigenvalue weighted by molar-refractivity contribution is 6.04. The quantitative estimate of drug-likeness (QED) is 0.467. The van der Waals surface area contributed by atoms with Gasteiger partial charge in [0.05, 0.1) is 0 Å². The minimum Gasteiger partial charge on any atom is -0.550 e. The molecule has 1 heterocycles. The maximum absolute atomic E-state index is 10.8. The number of aliphatic carboxylic acids is 1. The minimum absolute atomic E-state index is 0.0694. The van der Waals surface area contributed by atoms with E-state index in [4.69, 9.17) is 0 Å². The molecule has 12 heavy (non-hydrogen) atoms. The molecule has 3 amide bonds. The molecule has 0 saturated carbocycles. The van der Waals surface area contributed by atoms with Gasteiger partial charge in [0.25, 0.3) is 5.91 Å². The van der Waals surface area contributed by atoms with Crippen molar-refractivity contribution in [3.8, 4) is 0 Å². The van der Waals surface area contributed by atoms with E-state index in [1.807, 2.05) is 5.32 Å². The van der Waals surface area contributed by atoms with Gasteiger partial charge in [0.1, 0.15) is 6.04 Å². The lowest BCUT2D eigenvalue weighted by molar-refractivity contribution is -0.305. The normalized spacial score (nSPS) is 21.8. The fraction of sp³-hybridized carbons (Fsp3) is 0.500. The summed E-state index contributed by atoms with van der Waals surface area (Å²) >= 11 is 0. The van der Waals surface area contributed by atoms with Gasteiger partial charge in [0.15, 0.2) is 0 Å². The summed E-state index contributed by atoms with van der Waals surface area (Å²) in [6.07, 6.45) is -0.168. The van der Waals surface area contributed by atoms with Crippen LogP contribution in [0.25, 0.3) is 0 Å². The SMILES string of the molecule is O=C([O-])CC[C@@H]1NC(=O)NC1=O. The maximum Gasteiger partial charge on any atom is 0.322 e. The molecule has 66 valence electrons. The van der Waals surface area contributed by atoms with Gasteiger partial charge >= 0.3 is 6.03 Å². The van der Waals surface area contributed by atoms with Crippen LogP contribution >= 0.6 is 0 Å². The van der Waals surface area contributed by atoms with Crippen LogP contribution in [-0.4, -0.2) is 23.9 Å². The van der Waals surface area contributed by atoms with Gasteiger partial charge < -0.3 is 15.2 Å². The molecule has 1 saturated heterocycles. The molecule has 1 fully saturated rings. The fourth-order valence-corrected chi connectivity index (χ4v) is 0.924. The Morgan fingerprint density at radius 3 is 2.58 bits per heavy atom. The van der Waals surface area contributed by atoms with E-state index < -0.39 is 23.9 Å². The second-order valence-corrected chi connectivity index (χ2v) is 2.43. The van der Waals surface area contributed by atoms with E-state index in [-0.39, 0.29) is 12.8 Å². The Labute approximate surface area is 67.9 Å². The summed E-state index contributed by atoms with van der Waals surface area (Å²) in [5, 5.41) is 14.2. The van der Waals surface area contributed by atoms with Gasteiger partial charge in [-0.3, -0.25) is 10.1 Å². The van der Waals surface area contributed by atoms with Gasteiger partial charge in [-0.2, -0.15) is 0 Å². The molecule has 0 unspecified atom stereocenters. The number of nitrogens with one attached hydrogen (secondary N) is 2. The summed E-state index contributed by atoms with van der Waals surface area (Å²) in [4.78, 5) is 31.3. The summed E-state index contributed by atoms with van der Waals surface area (Å²) in [5.74, 6) is -1.72. The van der Waals surface area contributed by atoms with Crippen molar-refractivity contribution >= 4 is 17.9 Å². The van der Waals surface area contributed by atoms with Crippen molar-refractivity contribution in [1.29, 1.82) is 0 Å². The zero-order chi connectivity index (χ0) is 9.14. The van der Waals surface area contributed by atoms with Gasteiger partial charge in [0, 0.05) is 5.97 Å². The highest BCUT2D eigenvalue weighted by Crippen LogP contribution is 2.01. The van der Waals surface area contributed by atoms with Crippen LogP contribution < -0.4 is 15.7 Å². The molecule has 6 heteroatoms. The first-order valence-electron chi connectivity index (χ1n) is 3.41. The topological polar surface area (TPSA) is 98.3 Å². The molecule has 0 radical (unpaired) electrons. The number of carbonyl (C=O) groups excluding carboxylic acids is 3. The molecule has 0 aromatic carbocycles. The van der Waals surface area contributed by atoms with E-state index in [9.17, 15) is 19.5 Å². The fourth-order valence-electron chi connectivity index (χ4n) is 0.924. The lowest BCUT2D eigenvalue weighted by atomic mass is 10.1. The van der Waals surface area contributed by atoms with E-state index in [1.54, 1.807) is 0 Å². The lowest BCUT2D eigenvalue weighted by Crippen LogP contribution is -2.32. The van der Waals surface area contributed by atoms with Crippen LogP contribution in [0.1, 0.15) is 12.8 Å². The summed E-state index contributed by atoms with van der Waals surface area (Å²) < 4.78 is 0. The molecular weight excluding hydrogens is 164 g/mol. The van der Waals surface area contributed by atoms with E-state index in [1.165, 1.54) is 0 Å². The van der Waals surface area contributed by atoms with Gasteiger partial charge in [0.2, 0.25) is 0 Å². The molecular formula is C6H7N2O4-. The summed E-state index contributed by atoms with van der Waals surface area (Å²) in [7, 11) is 0. The largest absolute Gasteiger partial charge is 0.550 e. The Balaban J connectivity index is 2.38. The van der Waals surface area contributed by atoms with Crippen LogP contribution in [0, 0.1) is 0 Å². The van der Waals surface area contributed by atoms with Crippen LogP contribution in [-0.2, 0) is 9.59 Å². The number of imide groups is 1. The zero-order valence-electron chi connectivity index (χ0n) is 6.12. The van der Waals surface area contributed by atoms with Crippen molar-refractivity contribution in [2.45, 2.75) is 18.9 Å². The standard InChI is InChI=1S/C6H8N2O4/c9-4(10)2-1-3-5(11)8-6(12)7-3/h3H,1-2H2,(H,9,10)(H2,7,8,11,12)/p-1/t3-/m0/s1. The number of amides is 3. The predicted octanol–water partition coefficient (Wildman–Crippen LogP) is -2.28. The van der Waals surface area contributed by atoms with Crippen LogP contribution in [0.3, 0.4) is 0 Å². The third-order valence-corrected chi connectivity index (χ3v) is 1.50. The number of carboxylic acid groups (broad SMARTS) is 1. The van der Waals surface area contributed by atoms with E-state index in [0.29, 0.717) is 0 Å². The molecule has 0 aliphatic carbocycles. The summed E-state index contributed by atoms with van der Waals surface area (Å²) in [5.41, 5.74) is 0. The van der Waals surface area contributed by atoms with Crippen molar-refractivity contribution in [2.24, 2.45) is 0 Å². The number of urea groups is 1. The van der Waals surface area contributed by atoms with Crippen LogP contribution in [0.5, 0.6) is 0 Å². The number of carboxylic acids is 1. The molecule has 0 bridgehead atoms. The Morgan fingerprint density at radius 2 is 2.17 bits per heavy atom. The second-order valence-electron chi connectivity index (χ2n) is 2.43. The molecule has 2 N–H and O–H groups in total. The molecule has 0 aromatic rings. The number of carbonyl (C=O) groups is 3. The highest BCUT2D eigenvalue weighted by Gasteiger charge is 2.28. The van der Waals surface area contributed by atoms with Crippen molar-refractivity contribution in [1.82, 2.24) is 10.6 Å². The smallest absolute Gasteiger partial charge is 0.322 e. The average Bonchev–Trinajstić information content (AvgIpc) is 2.26. The summed E-state index contributed by atoms with van der Waals surface area (Å²) in [6.45, 7) is 0. The first kappa shape index (κ1) is 8.51. The van der Waals surface area contributed by atoms with Crippen molar-refractivity contribution in [2.75, 3.05) is 0 Å². The van der Waals surface area contributed by atoms with Crippen molar-refractivity contribution in [3.05, 3.63) is 0 Å². The number of rotatable bonds is 3. The number of hydrogen-bond acceptors (Lipinski definition) is 4. The van der Waals surface area contributed by atoms with Gasteiger partial charge in [-0.05, 0) is 12.8 Å². The Kier molecular flexibility index (Phi) is 2.27. The van der Waals surface area contributed by atoms with Gasteiger partial charge in [-0.15, -0.1) is 0 Å². The highest BCUT2D eigenvalue weighted by atomic mass is 16.4. The van der Waals surface area contributed by atoms with Crippen molar-refractivity contribution < 1.29 is 19.5 Å². The van der Waals surface area contributed by atoms with Crippen LogP contribution in [0.15, 0.2) is 0 Å². The average molecular weight is 171 g/mol. The molecule has 0 spiro atoms. The molecule has 1 atom stereocenters. The monoisotopic (exact) mass is 171 g/mol. The summed E-state index contributed by atoms with van der Waals surface area (Å²) in [6, 6.07) is -1.31. The van der Waals surface area contributed by atoms with Gasteiger partial charge in [-0.1, -0.05) is 0 Å². The molecule has 0 aromatic heterocycles. The lowest BCUT2D eigenvalue weighted by Gasteiger charge is -2.06. The molecule has 6 nitrogen and oxygen atoms in total. The Hall–Kier alpha value is -1.59. The third kappa shape index (κ3) is 1.94. The van der Waals surface area contributed by atoms with Crippen molar-refractivity contribution in [3.63, 3.8) is 0 Å². The van der Waals surface area contributed by atoms with E-state index in [2.05, 4.69) is 5.32 Å². The Morgan fingerprint density at radius 1 is 1.50 bits per heavy atom. The number of hydrogen-bond donors (Lipinski definition) is 2. The molecule has 1 rings (SSSR count). The second kappa shape index (κ2) is 3.21. The Bertz CT molecular complexity index is 238. The van der Waals surface area contributed by atoms with E-state index >= 15 is 0 Å². The first-order chi connectivity index (χ1) is 5.59. The molecule has 1 aliphatic rings. The third-order valence-electron chi connectivity index (χ3n) is 1.50. The molecule has 1 aliphatic heterocycles. The zero-order valence-corrected chi connectivity index (χ0v) is 6.12. The first-order valence-corrected chi connectivity index (χ1v) is 3.41. The van der Waals surface area contributed by atoms with E-state index in [0.717, 1.165) is 0 Å².